The lowest BCUT2D eigenvalue weighted by Crippen LogP contribution is -2.32. The third kappa shape index (κ3) is 3.82. The first kappa shape index (κ1) is 14.6. The van der Waals surface area contributed by atoms with E-state index in [-0.39, 0.29) is 5.91 Å². The van der Waals surface area contributed by atoms with E-state index in [2.05, 4.69) is 21.2 Å². The molecule has 1 N–H and O–H groups in total. The fourth-order valence-electron chi connectivity index (χ4n) is 2.74. The molecular weight excluding hydrogens is 302 g/mol. The van der Waals surface area contributed by atoms with Crippen LogP contribution in [0.3, 0.4) is 0 Å². The number of halogens is 1. The van der Waals surface area contributed by atoms with Gasteiger partial charge in [-0.1, -0.05) is 34.5 Å². The van der Waals surface area contributed by atoms with Gasteiger partial charge in [-0.15, -0.1) is 0 Å². The summed E-state index contributed by atoms with van der Waals surface area (Å²) in [6.45, 7) is 4.86. The third-order valence-electron chi connectivity index (χ3n) is 4.12. The number of carbonyl (C=O) groups excluding carboxylic acids is 1. The highest BCUT2D eigenvalue weighted by molar-refractivity contribution is 9.09. The highest BCUT2D eigenvalue weighted by atomic mass is 79.9. The number of alkyl halides is 1. The van der Waals surface area contributed by atoms with Crippen molar-refractivity contribution in [3.05, 3.63) is 34.9 Å². The maximum Gasteiger partial charge on any atom is 0.251 e. The van der Waals surface area contributed by atoms with Crippen LogP contribution in [0.2, 0.25) is 0 Å². The summed E-state index contributed by atoms with van der Waals surface area (Å²) in [6, 6.07) is 5.90. The first-order valence-electron chi connectivity index (χ1n) is 7.06. The van der Waals surface area contributed by atoms with Gasteiger partial charge >= 0.3 is 0 Å². The summed E-state index contributed by atoms with van der Waals surface area (Å²) < 4.78 is 0. The summed E-state index contributed by atoms with van der Waals surface area (Å²) in [5, 5.41) is 3.10. The molecule has 3 heteroatoms. The number of rotatable bonds is 3. The molecule has 0 spiro atoms. The lowest BCUT2D eigenvalue weighted by atomic mass is 9.89. The van der Waals surface area contributed by atoms with E-state index in [0.717, 1.165) is 17.7 Å². The Hall–Kier alpha value is -0.830. The van der Waals surface area contributed by atoms with Gasteiger partial charge in [0.1, 0.15) is 0 Å². The second kappa shape index (κ2) is 6.56. The van der Waals surface area contributed by atoms with E-state index in [1.807, 2.05) is 32.0 Å². The number of hydrogen-bond donors (Lipinski definition) is 1. The first-order valence-corrected chi connectivity index (χ1v) is 7.98. The standard InChI is InChI=1S/C16H22BrNO/c1-11-5-3-8-15(12(11)2)16(19)18-10-13-6-4-7-14(17)9-13/h3,5,8,13-14H,4,6-7,9-10H2,1-2H3,(H,18,19). The molecule has 2 atom stereocenters. The van der Waals surface area contributed by atoms with Gasteiger partial charge in [0.25, 0.3) is 5.91 Å². The zero-order valence-corrected chi connectivity index (χ0v) is 13.3. The van der Waals surface area contributed by atoms with Crippen LogP contribution in [0.1, 0.15) is 47.2 Å². The first-order chi connectivity index (χ1) is 9.08. The van der Waals surface area contributed by atoms with Crippen LogP contribution >= 0.6 is 15.9 Å². The Labute approximate surface area is 124 Å². The van der Waals surface area contributed by atoms with Gasteiger partial charge in [0, 0.05) is 16.9 Å². The van der Waals surface area contributed by atoms with Crippen molar-refractivity contribution < 1.29 is 4.79 Å². The summed E-state index contributed by atoms with van der Waals surface area (Å²) in [5.74, 6) is 0.685. The zero-order valence-electron chi connectivity index (χ0n) is 11.7. The lowest BCUT2D eigenvalue weighted by molar-refractivity contribution is 0.0943. The summed E-state index contributed by atoms with van der Waals surface area (Å²) in [5.41, 5.74) is 3.07. The Bertz CT molecular complexity index is 458. The van der Waals surface area contributed by atoms with Crippen molar-refractivity contribution >= 4 is 21.8 Å². The molecule has 1 aromatic rings. The van der Waals surface area contributed by atoms with Crippen LogP contribution in [0.5, 0.6) is 0 Å². The molecule has 1 fully saturated rings. The predicted octanol–water partition coefficient (Wildman–Crippen LogP) is 3.99. The zero-order chi connectivity index (χ0) is 13.8. The largest absolute Gasteiger partial charge is 0.352 e. The van der Waals surface area contributed by atoms with E-state index in [9.17, 15) is 4.79 Å². The molecule has 2 unspecified atom stereocenters. The summed E-state index contributed by atoms with van der Waals surface area (Å²) in [4.78, 5) is 12.8. The molecule has 1 aliphatic rings. The van der Waals surface area contributed by atoms with Gasteiger partial charge in [-0.05, 0) is 56.2 Å². The minimum Gasteiger partial charge on any atom is -0.352 e. The Balaban J connectivity index is 1.92. The van der Waals surface area contributed by atoms with E-state index in [1.54, 1.807) is 0 Å². The highest BCUT2D eigenvalue weighted by Gasteiger charge is 2.20. The summed E-state index contributed by atoms with van der Waals surface area (Å²) in [6.07, 6.45) is 4.93. The van der Waals surface area contributed by atoms with Crippen LogP contribution in [0, 0.1) is 19.8 Å². The molecule has 2 rings (SSSR count). The molecular formula is C16H22BrNO. The monoisotopic (exact) mass is 323 g/mol. The second-order valence-electron chi connectivity index (χ2n) is 5.59. The van der Waals surface area contributed by atoms with Crippen molar-refractivity contribution in [1.29, 1.82) is 0 Å². The number of hydrogen-bond acceptors (Lipinski definition) is 1. The van der Waals surface area contributed by atoms with Crippen molar-refractivity contribution in [2.45, 2.75) is 44.4 Å². The molecule has 0 radical (unpaired) electrons. The maximum atomic E-state index is 12.2. The Morgan fingerprint density at radius 1 is 1.37 bits per heavy atom. The second-order valence-corrected chi connectivity index (χ2v) is 6.88. The van der Waals surface area contributed by atoms with Gasteiger partial charge in [0.2, 0.25) is 0 Å². The molecule has 19 heavy (non-hydrogen) atoms. The number of carbonyl (C=O) groups is 1. The smallest absolute Gasteiger partial charge is 0.251 e. The number of nitrogens with one attached hydrogen (secondary N) is 1. The van der Waals surface area contributed by atoms with Crippen molar-refractivity contribution in [2.24, 2.45) is 5.92 Å². The van der Waals surface area contributed by atoms with Crippen LogP contribution in [0.15, 0.2) is 18.2 Å². The SMILES string of the molecule is Cc1cccc(C(=O)NCC2CCCC(Br)C2)c1C. The molecule has 1 aromatic carbocycles. The van der Waals surface area contributed by atoms with Gasteiger partial charge in [0.05, 0.1) is 0 Å². The minimum atomic E-state index is 0.0675. The molecule has 2 nitrogen and oxygen atoms in total. The topological polar surface area (TPSA) is 29.1 Å². The predicted molar refractivity (Wildman–Crippen MR) is 82.9 cm³/mol. The fraction of sp³-hybridized carbons (Fsp3) is 0.562. The van der Waals surface area contributed by atoms with Crippen LogP contribution in [-0.2, 0) is 0 Å². The fourth-order valence-corrected chi connectivity index (χ4v) is 3.59. The van der Waals surface area contributed by atoms with Crippen LogP contribution in [0.4, 0.5) is 0 Å². The van der Waals surface area contributed by atoms with Gasteiger partial charge in [0.15, 0.2) is 0 Å². The van der Waals surface area contributed by atoms with Crippen molar-refractivity contribution in [3.63, 3.8) is 0 Å². The summed E-state index contributed by atoms with van der Waals surface area (Å²) >= 11 is 3.69. The van der Waals surface area contributed by atoms with E-state index in [4.69, 9.17) is 0 Å². The van der Waals surface area contributed by atoms with E-state index >= 15 is 0 Å². The van der Waals surface area contributed by atoms with Crippen molar-refractivity contribution in [3.8, 4) is 0 Å². The Morgan fingerprint density at radius 3 is 2.89 bits per heavy atom. The molecule has 0 saturated heterocycles. The molecule has 1 amide bonds. The Morgan fingerprint density at radius 2 is 2.16 bits per heavy atom. The van der Waals surface area contributed by atoms with E-state index in [1.165, 1.54) is 31.2 Å². The van der Waals surface area contributed by atoms with Gasteiger partial charge in [-0.25, -0.2) is 0 Å². The average molecular weight is 324 g/mol. The number of amides is 1. The molecule has 1 aliphatic carbocycles. The molecule has 0 bridgehead atoms. The summed E-state index contributed by atoms with van der Waals surface area (Å²) in [7, 11) is 0. The van der Waals surface area contributed by atoms with Crippen molar-refractivity contribution in [2.75, 3.05) is 6.54 Å². The van der Waals surface area contributed by atoms with Crippen LogP contribution in [0.25, 0.3) is 0 Å². The van der Waals surface area contributed by atoms with Crippen LogP contribution in [-0.4, -0.2) is 17.3 Å². The minimum absolute atomic E-state index is 0.0675. The van der Waals surface area contributed by atoms with Gasteiger partial charge in [-0.2, -0.15) is 0 Å². The number of benzene rings is 1. The number of aryl methyl sites for hydroxylation is 1. The highest BCUT2D eigenvalue weighted by Crippen LogP contribution is 2.28. The molecule has 0 aliphatic heterocycles. The van der Waals surface area contributed by atoms with Crippen LogP contribution < -0.4 is 5.32 Å². The quantitative estimate of drug-likeness (QED) is 0.837. The lowest BCUT2D eigenvalue weighted by Gasteiger charge is -2.25. The van der Waals surface area contributed by atoms with Crippen molar-refractivity contribution in [1.82, 2.24) is 5.32 Å². The van der Waals surface area contributed by atoms with E-state index < -0.39 is 0 Å². The third-order valence-corrected chi connectivity index (χ3v) is 4.95. The Kier molecular flexibility index (Phi) is 5.03. The average Bonchev–Trinajstić information content (AvgIpc) is 2.39. The van der Waals surface area contributed by atoms with Gasteiger partial charge < -0.3 is 5.32 Å². The molecule has 0 aromatic heterocycles. The molecule has 0 heterocycles. The van der Waals surface area contributed by atoms with E-state index in [0.29, 0.717) is 10.7 Å². The normalized spacial score (nSPS) is 23.1. The maximum absolute atomic E-state index is 12.2. The molecule has 1 saturated carbocycles. The molecule has 104 valence electrons. The van der Waals surface area contributed by atoms with Gasteiger partial charge in [-0.3, -0.25) is 4.79 Å².